The van der Waals surface area contributed by atoms with Crippen molar-refractivity contribution in [1.82, 2.24) is 9.78 Å². The summed E-state index contributed by atoms with van der Waals surface area (Å²) in [5.74, 6) is 0. The third-order valence-electron chi connectivity index (χ3n) is 1.67. The van der Waals surface area contributed by atoms with Crippen molar-refractivity contribution in [1.29, 1.82) is 0 Å². The van der Waals surface area contributed by atoms with Crippen molar-refractivity contribution < 1.29 is 8.42 Å². The second-order valence-electron chi connectivity index (χ2n) is 2.91. The van der Waals surface area contributed by atoms with E-state index in [1.807, 2.05) is 0 Å². The van der Waals surface area contributed by atoms with Gasteiger partial charge in [0.25, 0.3) is 0 Å². The molecule has 0 spiro atoms. The molecular weight excluding hydrogens is 190 g/mol. The molecule has 0 unspecified atom stereocenters. The van der Waals surface area contributed by atoms with Gasteiger partial charge in [0.2, 0.25) is 0 Å². The molecule has 1 rings (SSSR count). The van der Waals surface area contributed by atoms with Gasteiger partial charge in [0, 0.05) is 19.7 Å². The number of rotatable bonds is 3. The molecule has 0 saturated carbocycles. The lowest BCUT2D eigenvalue weighted by molar-refractivity contribution is 0.582. The first kappa shape index (κ1) is 10.2. The first-order valence-corrected chi connectivity index (χ1v) is 5.77. The SMILES string of the molecule is Cn1nc(CCN)cc1S(C)(=O)=O. The predicted octanol–water partition coefficient (Wildman–Crippen LogP) is -0.675. The lowest BCUT2D eigenvalue weighted by Gasteiger charge is -1.95. The van der Waals surface area contributed by atoms with Gasteiger partial charge in [-0.25, -0.2) is 8.42 Å². The van der Waals surface area contributed by atoms with Crippen LogP contribution >= 0.6 is 0 Å². The highest BCUT2D eigenvalue weighted by atomic mass is 32.2. The number of hydrogen-bond acceptors (Lipinski definition) is 4. The molecule has 0 amide bonds. The van der Waals surface area contributed by atoms with Gasteiger partial charge in [-0.3, -0.25) is 4.68 Å². The van der Waals surface area contributed by atoms with Gasteiger partial charge in [0.1, 0.15) is 0 Å². The second kappa shape index (κ2) is 3.47. The van der Waals surface area contributed by atoms with E-state index in [4.69, 9.17) is 5.73 Å². The topological polar surface area (TPSA) is 78.0 Å². The van der Waals surface area contributed by atoms with E-state index in [1.54, 1.807) is 13.1 Å². The monoisotopic (exact) mass is 203 g/mol. The lowest BCUT2D eigenvalue weighted by atomic mass is 10.3. The molecule has 1 aromatic rings. The van der Waals surface area contributed by atoms with Crippen LogP contribution in [0.25, 0.3) is 0 Å². The number of hydrogen-bond donors (Lipinski definition) is 1. The Morgan fingerprint density at radius 3 is 2.62 bits per heavy atom. The van der Waals surface area contributed by atoms with Crippen LogP contribution in [0, 0.1) is 0 Å². The molecule has 0 aliphatic carbocycles. The number of nitrogens with two attached hydrogens (primary N) is 1. The van der Waals surface area contributed by atoms with Crippen molar-refractivity contribution in [2.24, 2.45) is 12.8 Å². The van der Waals surface area contributed by atoms with Crippen molar-refractivity contribution in [2.75, 3.05) is 12.8 Å². The Balaban J connectivity index is 3.11. The standard InChI is InChI=1S/C7H13N3O2S/c1-10-7(13(2,11)12)5-6(9-10)3-4-8/h5H,3-4,8H2,1-2H3. The van der Waals surface area contributed by atoms with Crippen LogP contribution in [-0.4, -0.2) is 31.0 Å². The van der Waals surface area contributed by atoms with E-state index in [2.05, 4.69) is 5.10 Å². The van der Waals surface area contributed by atoms with Crippen LogP contribution in [0.15, 0.2) is 11.1 Å². The molecule has 0 fully saturated rings. The summed E-state index contributed by atoms with van der Waals surface area (Å²) in [7, 11) is -1.56. The zero-order valence-corrected chi connectivity index (χ0v) is 8.50. The van der Waals surface area contributed by atoms with E-state index in [-0.39, 0.29) is 5.03 Å². The van der Waals surface area contributed by atoms with Crippen molar-refractivity contribution >= 4 is 9.84 Å². The van der Waals surface area contributed by atoms with Crippen LogP contribution in [0.4, 0.5) is 0 Å². The molecule has 0 aliphatic heterocycles. The first-order chi connectivity index (χ1) is 5.95. The smallest absolute Gasteiger partial charge is 0.192 e. The number of aromatic nitrogens is 2. The van der Waals surface area contributed by atoms with E-state index in [0.29, 0.717) is 18.7 Å². The molecule has 0 bridgehead atoms. The molecule has 5 nitrogen and oxygen atoms in total. The Bertz CT molecular complexity index is 394. The number of aryl methyl sites for hydroxylation is 1. The fraction of sp³-hybridized carbons (Fsp3) is 0.571. The maximum Gasteiger partial charge on any atom is 0.192 e. The Morgan fingerprint density at radius 2 is 2.23 bits per heavy atom. The van der Waals surface area contributed by atoms with Gasteiger partial charge in [-0.05, 0) is 12.6 Å². The molecule has 1 aromatic heterocycles. The average Bonchev–Trinajstić information content (AvgIpc) is 2.30. The van der Waals surface area contributed by atoms with Crippen LogP contribution in [0.1, 0.15) is 5.69 Å². The van der Waals surface area contributed by atoms with Gasteiger partial charge in [-0.15, -0.1) is 0 Å². The molecule has 0 aliphatic rings. The highest BCUT2D eigenvalue weighted by Crippen LogP contribution is 2.09. The molecule has 0 radical (unpaired) electrons. The maximum atomic E-state index is 11.2. The molecule has 6 heteroatoms. The summed E-state index contributed by atoms with van der Waals surface area (Å²) >= 11 is 0. The van der Waals surface area contributed by atoms with Gasteiger partial charge in [0.15, 0.2) is 14.9 Å². The molecule has 74 valence electrons. The zero-order chi connectivity index (χ0) is 10.1. The maximum absolute atomic E-state index is 11.2. The van der Waals surface area contributed by atoms with Gasteiger partial charge in [0.05, 0.1) is 5.69 Å². The summed E-state index contributed by atoms with van der Waals surface area (Å²) in [5, 5.41) is 4.26. The molecule has 13 heavy (non-hydrogen) atoms. The Kier molecular flexibility index (Phi) is 2.72. The van der Waals surface area contributed by atoms with E-state index >= 15 is 0 Å². The predicted molar refractivity (Wildman–Crippen MR) is 49.1 cm³/mol. The molecule has 1 heterocycles. The summed E-state index contributed by atoms with van der Waals surface area (Å²) in [5.41, 5.74) is 6.04. The fourth-order valence-electron chi connectivity index (χ4n) is 1.12. The third kappa shape index (κ3) is 2.28. The van der Waals surface area contributed by atoms with Crippen molar-refractivity contribution in [3.05, 3.63) is 11.8 Å². The van der Waals surface area contributed by atoms with Gasteiger partial charge in [-0.2, -0.15) is 5.10 Å². The van der Waals surface area contributed by atoms with E-state index in [0.717, 1.165) is 6.26 Å². The van der Waals surface area contributed by atoms with Crippen LogP contribution in [0.2, 0.25) is 0 Å². The minimum Gasteiger partial charge on any atom is -0.330 e. The molecular formula is C7H13N3O2S. The highest BCUT2D eigenvalue weighted by Gasteiger charge is 2.13. The Hall–Kier alpha value is -0.880. The minimum atomic E-state index is -3.17. The number of sulfone groups is 1. The van der Waals surface area contributed by atoms with E-state index < -0.39 is 9.84 Å². The quantitative estimate of drug-likeness (QED) is 0.706. The van der Waals surface area contributed by atoms with Crippen molar-refractivity contribution in [3.8, 4) is 0 Å². The summed E-state index contributed by atoms with van der Waals surface area (Å²) in [6, 6.07) is 1.56. The Morgan fingerprint density at radius 1 is 1.62 bits per heavy atom. The fourth-order valence-corrected chi connectivity index (χ4v) is 1.99. The van der Waals surface area contributed by atoms with Crippen LogP contribution in [0.5, 0.6) is 0 Å². The molecule has 0 aromatic carbocycles. The molecule has 2 N–H and O–H groups in total. The zero-order valence-electron chi connectivity index (χ0n) is 7.69. The highest BCUT2D eigenvalue weighted by molar-refractivity contribution is 7.90. The summed E-state index contributed by atoms with van der Waals surface area (Å²) in [4.78, 5) is 0. The minimum absolute atomic E-state index is 0.232. The third-order valence-corrected chi connectivity index (χ3v) is 2.81. The number of nitrogens with zero attached hydrogens (tertiary/aromatic N) is 2. The van der Waals surface area contributed by atoms with E-state index in [9.17, 15) is 8.42 Å². The summed E-state index contributed by atoms with van der Waals surface area (Å²) in [6.45, 7) is 0.472. The molecule has 0 saturated heterocycles. The average molecular weight is 203 g/mol. The van der Waals surface area contributed by atoms with Crippen LogP contribution < -0.4 is 5.73 Å². The lowest BCUT2D eigenvalue weighted by Crippen LogP contribution is -2.05. The first-order valence-electron chi connectivity index (χ1n) is 3.88. The van der Waals surface area contributed by atoms with Gasteiger partial charge >= 0.3 is 0 Å². The Labute approximate surface area is 77.5 Å². The van der Waals surface area contributed by atoms with Gasteiger partial charge in [-0.1, -0.05) is 0 Å². The van der Waals surface area contributed by atoms with E-state index in [1.165, 1.54) is 4.68 Å². The van der Waals surface area contributed by atoms with Crippen LogP contribution in [-0.2, 0) is 23.3 Å². The normalized spacial score (nSPS) is 11.9. The van der Waals surface area contributed by atoms with Crippen molar-refractivity contribution in [2.45, 2.75) is 11.4 Å². The van der Waals surface area contributed by atoms with Gasteiger partial charge < -0.3 is 5.73 Å². The molecule has 0 atom stereocenters. The summed E-state index contributed by atoms with van der Waals surface area (Å²) < 4.78 is 23.7. The van der Waals surface area contributed by atoms with Crippen LogP contribution in [0.3, 0.4) is 0 Å². The second-order valence-corrected chi connectivity index (χ2v) is 4.87. The summed E-state index contributed by atoms with van der Waals surface area (Å²) in [6.07, 6.45) is 1.76. The largest absolute Gasteiger partial charge is 0.330 e. The van der Waals surface area contributed by atoms with Crippen molar-refractivity contribution in [3.63, 3.8) is 0 Å².